The van der Waals surface area contributed by atoms with E-state index in [9.17, 15) is 18.8 Å². The molecule has 0 spiro atoms. The summed E-state index contributed by atoms with van der Waals surface area (Å²) in [6, 6.07) is 11.5. The van der Waals surface area contributed by atoms with Crippen LogP contribution in [0.15, 0.2) is 48.5 Å². The zero-order valence-corrected chi connectivity index (χ0v) is 15.8. The maximum Gasteiger partial charge on any atom is 0.279 e. The molecular weight excluding hydrogens is 389 g/mol. The molecule has 0 aliphatic carbocycles. The summed E-state index contributed by atoms with van der Waals surface area (Å²) in [6.45, 7) is 1.57. The number of carbonyl (C=O) groups is 3. The third-order valence-electron chi connectivity index (χ3n) is 3.56. The minimum atomic E-state index is -0.907. The predicted octanol–water partition coefficient (Wildman–Crippen LogP) is 2.21. The molecule has 3 N–H and O–H groups in total. The summed E-state index contributed by atoms with van der Waals surface area (Å²) in [5.74, 6) is -1.50. The molecule has 0 radical (unpaired) electrons. The molecule has 7 nitrogen and oxygen atoms in total. The summed E-state index contributed by atoms with van der Waals surface area (Å²) < 4.78 is 18.2. The van der Waals surface area contributed by atoms with Crippen molar-refractivity contribution < 1.29 is 23.5 Å². The van der Waals surface area contributed by atoms with Gasteiger partial charge in [-0.2, -0.15) is 0 Å². The third-order valence-corrected chi connectivity index (χ3v) is 3.82. The Hall–Kier alpha value is -3.13. The smallest absolute Gasteiger partial charge is 0.279 e. The topological polar surface area (TPSA) is 96.5 Å². The van der Waals surface area contributed by atoms with E-state index in [1.165, 1.54) is 31.2 Å². The lowest BCUT2D eigenvalue weighted by atomic mass is 10.2. The number of rotatable bonds is 7. The van der Waals surface area contributed by atoms with Crippen LogP contribution in [0.2, 0.25) is 5.02 Å². The summed E-state index contributed by atoms with van der Waals surface area (Å²) in [6.07, 6.45) is -0.942. The highest BCUT2D eigenvalue weighted by molar-refractivity contribution is 6.30. The van der Waals surface area contributed by atoms with Crippen molar-refractivity contribution in [2.75, 3.05) is 6.54 Å². The zero-order valence-electron chi connectivity index (χ0n) is 15.0. The van der Waals surface area contributed by atoms with Gasteiger partial charge < -0.3 is 10.1 Å². The van der Waals surface area contributed by atoms with Crippen LogP contribution in [0.4, 0.5) is 4.39 Å². The van der Waals surface area contributed by atoms with Gasteiger partial charge in [-0.05, 0) is 55.5 Å². The van der Waals surface area contributed by atoms with E-state index in [1.807, 2.05) is 0 Å². The van der Waals surface area contributed by atoms with E-state index in [4.69, 9.17) is 16.3 Å². The fraction of sp³-hybridized carbons (Fsp3) is 0.211. The molecular formula is C19H19ClFN3O4. The maximum atomic E-state index is 12.8. The highest BCUT2D eigenvalue weighted by Gasteiger charge is 2.15. The Labute approximate surface area is 166 Å². The first-order valence-corrected chi connectivity index (χ1v) is 8.77. The minimum absolute atomic E-state index is 0.0349. The molecule has 148 valence electrons. The standard InChI is InChI=1S/C19H19ClFN3O4/c1-12(28-16-8-6-15(21)7-9-16)18(26)24-23-17(25)10-11-22-19(27)13-2-4-14(20)5-3-13/h2-9,12H,10-11H2,1H3,(H,22,27)(H,23,25)(H,24,26)/t12-/m1/s1. The fourth-order valence-electron chi connectivity index (χ4n) is 2.06. The number of hydrogen-bond acceptors (Lipinski definition) is 4. The number of ether oxygens (including phenoxy) is 1. The summed E-state index contributed by atoms with van der Waals surface area (Å²) in [7, 11) is 0. The number of nitrogens with one attached hydrogen (secondary N) is 3. The zero-order chi connectivity index (χ0) is 20.5. The lowest BCUT2D eigenvalue weighted by molar-refractivity contribution is -0.132. The second kappa shape index (κ2) is 10.3. The van der Waals surface area contributed by atoms with E-state index in [1.54, 1.807) is 24.3 Å². The van der Waals surface area contributed by atoms with Crippen LogP contribution in [-0.2, 0) is 9.59 Å². The number of amides is 3. The summed E-state index contributed by atoms with van der Waals surface area (Å²) in [5, 5.41) is 3.10. The number of hydrazine groups is 1. The van der Waals surface area contributed by atoms with Gasteiger partial charge in [0, 0.05) is 23.6 Å². The molecule has 0 saturated carbocycles. The molecule has 28 heavy (non-hydrogen) atoms. The molecule has 0 unspecified atom stereocenters. The van der Waals surface area contributed by atoms with E-state index in [-0.39, 0.29) is 18.9 Å². The Morgan fingerprint density at radius 1 is 1.04 bits per heavy atom. The van der Waals surface area contributed by atoms with Crippen molar-refractivity contribution >= 4 is 29.3 Å². The van der Waals surface area contributed by atoms with Crippen LogP contribution in [-0.4, -0.2) is 30.4 Å². The lowest BCUT2D eigenvalue weighted by Gasteiger charge is -2.15. The summed E-state index contributed by atoms with van der Waals surface area (Å²) in [5.41, 5.74) is 4.88. The number of benzene rings is 2. The molecule has 0 heterocycles. The molecule has 1 atom stereocenters. The van der Waals surface area contributed by atoms with E-state index >= 15 is 0 Å². The Bertz CT molecular complexity index is 828. The quantitative estimate of drug-likeness (QED) is 0.613. The van der Waals surface area contributed by atoms with E-state index < -0.39 is 23.7 Å². The van der Waals surface area contributed by atoms with Gasteiger partial charge >= 0.3 is 0 Å². The van der Waals surface area contributed by atoms with E-state index in [0.717, 1.165) is 0 Å². The highest BCUT2D eigenvalue weighted by atomic mass is 35.5. The monoisotopic (exact) mass is 407 g/mol. The van der Waals surface area contributed by atoms with Gasteiger partial charge in [0.1, 0.15) is 11.6 Å². The van der Waals surface area contributed by atoms with Crippen LogP contribution in [0.1, 0.15) is 23.7 Å². The van der Waals surface area contributed by atoms with Crippen molar-refractivity contribution in [1.29, 1.82) is 0 Å². The molecule has 3 amide bonds. The largest absolute Gasteiger partial charge is 0.481 e. The molecule has 2 rings (SSSR count). The summed E-state index contributed by atoms with van der Waals surface area (Å²) in [4.78, 5) is 35.6. The number of halogens is 2. The van der Waals surface area contributed by atoms with Crippen molar-refractivity contribution in [2.24, 2.45) is 0 Å². The van der Waals surface area contributed by atoms with Gasteiger partial charge in [-0.3, -0.25) is 25.2 Å². The third kappa shape index (κ3) is 6.88. The van der Waals surface area contributed by atoms with Crippen LogP contribution < -0.4 is 20.9 Å². The van der Waals surface area contributed by atoms with Gasteiger partial charge in [0.25, 0.3) is 11.8 Å². The first kappa shape index (κ1) is 21.2. The lowest BCUT2D eigenvalue weighted by Crippen LogP contribution is -2.47. The second-order valence-electron chi connectivity index (χ2n) is 5.76. The van der Waals surface area contributed by atoms with Gasteiger partial charge in [-0.25, -0.2) is 4.39 Å². The van der Waals surface area contributed by atoms with E-state index in [2.05, 4.69) is 16.2 Å². The predicted molar refractivity (Wildman–Crippen MR) is 101 cm³/mol. The second-order valence-corrected chi connectivity index (χ2v) is 6.20. The first-order chi connectivity index (χ1) is 13.3. The van der Waals surface area contributed by atoms with Crippen LogP contribution in [0.5, 0.6) is 5.75 Å². The fourth-order valence-corrected chi connectivity index (χ4v) is 2.19. The Morgan fingerprint density at radius 3 is 2.32 bits per heavy atom. The molecule has 9 heteroatoms. The van der Waals surface area contributed by atoms with Gasteiger partial charge in [0.2, 0.25) is 5.91 Å². The summed E-state index contributed by atoms with van der Waals surface area (Å²) >= 11 is 5.75. The molecule has 0 bridgehead atoms. The van der Waals surface area contributed by atoms with Crippen molar-refractivity contribution in [2.45, 2.75) is 19.4 Å². The number of hydrogen-bond donors (Lipinski definition) is 3. The normalized spacial score (nSPS) is 11.2. The van der Waals surface area contributed by atoms with Crippen molar-refractivity contribution in [3.8, 4) is 5.75 Å². The van der Waals surface area contributed by atoms with Crippen LogP contribution in [0.3, 0.4) is 0 Å². The molecule has 0 aliphatic rings. The minimum Gasteiger partial charge on any atom is -0.481 e. The van der Waals surface area contributed by atoms with Gasteiger partial charge in [0.15, 0.2) is 6.10 Å². The maximum absolute atomic E-state index is 12.8. The first-order valence-electron chi connectivity index (χ1n) is 8.40. The highest BCUT2D eigenvalue weighted by Crippen LogP contribution is 2.13. The number of carbonyl (C=O) groups excluding carboxylic acids is 3. The van der Waals surface area contributed by atoms with Gasteiger partial charge in [-0.1, -0.05) is 11.6 Å². The van der Waals surface area contributed by atoms with Crippen molar-refractivity contribution in [3.05, 3.63) is 64.9 Å². The SMILES string of the molecule is C[C@@H](Oc1ccc(F)cc1)C(=O)NNC(=O)CCNC(=O)c1ccc(Cl)cc1. The molecule has 0 aliphatic heterocycles. The average Bonchev–Trinajstić information content (AvgIpc) is 2.68. The van der Waals surface area contributed by atoms with Crippen LogP contribution in [0.25, 0.3) is 0 Å². The molecule has 0 fully saturated rings. The Balaban J connectivity index is 1.67. The Kier molecular flexibility index (Phi) is 7.76. The van der Waals surface area contributed by atoms with Gasteiger partial charge in [-0.15, -0.1) is 0 Å². The van der Waals surface area contributed by atoms with Gasteiger partial charge in [0.05, 0.1) is 0 Å². The molecule has 2 aromatic rings. The molecule has 0 aromatic heterocycles. The average molecular weight is 408 g/mol. The molecule has 2 aromatic carbocycles. The molecule has 0 saturated heterocycles. The van der Waals surface area contributed by atoms with Crippen molar-refractivity contribution in [3.63, 3.8) is 0 Å². The Morgan fingerprint density at radius 2 is 1.68 bits per heavy atom. The van der Waals surface area contributed by atoms with Crippen molar-refractivity contribution in [1.82, 2.24) is 16.2 Å². The van der Waals surface area contributed by atoms with E-state index in [0.29, 0.717) is 16.3 Å². The van der Waals surface area contributed by atoms with Crippen LogP contribution in [0, 0.1) is 5.82 Å². The van der Waals surface area contributed by atoms with Crippen LogP contribution >= 0.6 is 11.6 Å².